The van der Waals surface area contributed by atoms with Crippen LogP contribution in [0.5, 0.6) is 0 Å². The van der Waals surface area contributed by atoms with Gasteiger partial charge in [-0.25, -0.2) is 13.4 Å². The van der Waals surface area contributed by atoms with Gasteiger partial charge in [0, 0.05) is 44.1 Å². The maximum Gasteiger partial charge on any atom is 0.244 e. The van der Waals surface area contributed by atoms with Crippen LogP contribution in [0.4, 0.5) is 11.5 Å². The number of hydrogen-bond donors (Lipinski definition) is 1. The third-order valence-corrected chi connectivity index (χ3v) is 7.23. The van der Waals surface area contributed by atoms with E-state index in [1.807, 2.05) is 6.07 Å². The average molecular weight is 387 g/mol. The summed E-state index contributed by atoms with van der Waals surface area (Å²) < 4.78 is 27.0. The average Bonchev–Trinajstić information content (AvgIpc) is 3.18. The normalized spacial score (nSPS) is 21.3. The second kappa shape index (κ2) is 7.86. The minimum atomic E-state index is -3.42. The van der Waals surface area contributed by atoms with E-state index in [2.05, 4.69) is 39.5 Å². The van der Waals surface area contributed by atoms with Gasteiger partial charge in [-0.2, -0.15) is 4.31 Å². The Kier molecular flexibility index (Phi) is 5.31. The molecule has 0 saturated carbocycles. The molecular weight excluding hydrogens is 360 g/mol. The fourth-order valence-electron chi connectivity index (χ4n) is 3.83. The lowest BCUT2D eigenvalue weighted by atomic mass is 10.2. The Morgan fingerprint density at radius 3 is 2.44 bits per heavy atom. The van der Waals surface area contributed by atoms with Gasteiger partial charge in [0.1, 0.15) is 10.7 Å². The summed E-state index contributed by atoms with van der Waals surface area (Å²) in [6, 6.07) is 14.1. The van der Waals surface area contributed by atoms with Crippen LogP contribution >= 0.6 is 0 Å². The molecule has 1 unspecified atom stereocenters. The Bertz CT molecular complexity index is 849. The molecule has 27 heavy (non-hydrogen) atoms. The maximum absolute atomic E-state index is 12.7. The molecule has 0 radical (unpaired) electrons. The third-order valence-electron chi connectivity index (χ3n) is 5.35. The summed E-state index contributed by atoms with van der Waals surface area (Å²) in [4.78, 5) is 7.00. The molecule has 7 heteroatoms. The molecule has 144 valence electrons. The Morgan fingerprint density at radius 1 is 0.963 bits per heavy atom. The molecule has 6 nitrogen and oxygen atoms in total. The topological polar surface area (TPSA) is 65.5 Å². The summed E-state index contributed by atoms with van der Waals surface area (Å²) in [7, 11) is -3.42. The van der Waals surface area contributed by atoms with Gasteiger partial charge in [0.15, 0.2) is 0 Å². The van der Waals surface area contributed by atoms with E-state index in [0.29, 0.717) is 19.1 Å². The summed E-state index contributed by atoms with van der Waals surface area (Å²) in [6.45, 7) is 3.14. The number of piperidine rings is 1. The van der Waals surface area contributed by atoms with Gasteiger partial charge >= 0.3 is 0 Å². The molecule has 2 aliphatic heterocycles. The number of sulfonamides is 1. The highest BCUT2D eigenvalue weighted by atomic mass is 32.2. The second-order valence-corrected chi connectivity index (χ2v) is 9.19. The van der Waals surface area contributed by atoms with E-state index in [0.717, 1.165) is 44.6 Å². The summed E-state index contributed by atoms with van der Waals surface area (Å²) in [6.07, 6.45) is 5.49. The summed E-state index contributed by atoms with van der Waals surface area (Å²) in [5.41, 5.74) is 1.23. The molecule has 2 aliphatic rings. The molecule has 4 rings (SSSR count). The van der Waals surface area contributed by atoms with Crippen molar-refractivity contribution in [2.75, 3.05) is 36.4 Å². The lowest BCUT2D eigenvalue weighted by Crippen LogP contribution is -2.35. The molecule has 0 aliphatic carbocycles. The van der Waals surface area contributed by atoms with Crippen molar-refractivity contribution in [1.29, 1.82) is 0 Å². The lowest BCUT2D eigenvalue weighted by molar-refractivity contribution is 0.346. The van der Waals surface area contributed by atoms with Crippen LogP contribution in [0.25, 0.3) is 0 Å². The minimum Gasteiger partial charge on any atom is -0.369 e. The van der Waals surface area contributed by atoms with Crippen LogP contribution in [0.2, 0.25) is 0 Å². The lowest BCUT2D eigenvalue weighted by Gasteiger charge is -2.25. The van der Waals surface area contributed by atoms with Gasteiger partial charge in [-0.3, -0.25) is 0 Å². The van der Waals surface area contributed by atoms with Gasteiger partial charge < -0.3 is 10.2 Å². The van der Waals surface area contributed by atoms with Gasteiger partial charge in [0.2, 0.25) is 10.0 Å². The van der Waals surface area contributed by atoms with Crippen LogP contribution in [-0.4, -0.2) is 49.9 Å². The minimum absolute atomic E-state index is 0.285. The number of benzene rings is 1. The number of rotatable bonds is 5. The first kappa shape index (κ1) is 18.3. The van der Waals surface area contributed by atoms with Gasteiger partial charge in [-0.05, 0) is 43.5 Å². The molecular formula is C20H26N4O2S. The van der Waals surface area contributed by atoms with E-state index in [1.54, 1.807) is 16.4 Å². The number of pyridine rings is 1. The first-order chi connectivity index (χ1) is 13.1. The van der Waals surface area contributed by atoms with Crippen LogP contribution in [0.3, 0.4) is 0 Å². The molecule has 0 bridgehead atoms. The number of nitrogens with one attached hydrogen (secondary N) is 1. The SMILES string of the molecule is O=S(=O)(c1ccc(NC2CCN(c3ccccc3)C2)nc1)N1CCCCC1. The Labute approximate surface area is 161 Å². The van der Waals surface area contributed by atoms with Crippen molar-refractivity contribution >= 4 is 21.5 Å². The highest BCUT2D eigenvalue weighted by molar-refractivity contribution is 7.89. The largest absolute Gasteiger partial charge is 0.369 e. The molecule has 1 aromatic carbocycles. The van der Waals surface area contributed by atoms with Gasteiger partial charge in [0.05, 0.1) is 0 Å². The monoisotopic (exact) mass is 386 g/mol. The van der Waals surface area contributed by atoms with Crippen LogP contribution in [-0.2, 0) is 10.0 Å². The predicted octanol–water partition coefficient (Wildman–Crippen LogP) is 2.95. The summed E-state index contributed by atoms with van der Waals surface area (Å²) in [5, 5.41) is 3.44. The third kappa shape index (κ3) is 4.09. The number of para-hydroxylation sites is 1. The molecule has 0 amide bonds. The van der Waals surface area contributed by atoms with Crippen molar-refractivity contribution in [3.63, 3.8) is 0 Å². The van der Waals surface area contributed by atoms with E-state index in [-0.39, 0.29) is 4.90 Å². The Balaban J connectivity index is 1.38. The van der Waals surface area contributed by atoms with Crippen molar-refractivity contribution in [1.82, 2.24) is 9.29 Å². The fourth-order valence-corrected chi connectivity index (χ4v) is 5.30. The second-order valence-electron chi connectivity index (χ2n) is 7.26. The van der Waals surface area contributed by atoms with E-state index in [4.69, 9.17) is 0 Å². The van der Waals surface area contributed by atoms with Crippen molar-refractivity contribution in [2.24, 2.45) is 0 Å². The summed E-state index contributed by atoms with van der Waals surface area (Å²) in [5.74, 6) is 0.729. The van der Waals surface area contributed by atoms with Crippen LogP contribution in [0, 0.1) is 0 Å². The van der Waals surface area contributed by atoms with Crippen molar-refractivity contribution in [3.05, 3.63) is 48.7 Å². The van der Waals surface area contributed by atoms with E-state index >= 15 is 0 Å². The van der Waals surface area contributed by atoms with Gasteiger partial charge in [0.25, 0.3) is 0 Å². The summed E-state index contributed by atoms with van der Waals surface area (Å²) >= 11 is 0. The highest BCUT2D eigenvalue weighted by Gasteiger charge is 2.27. The van der Waals surface area contributed by atoms with Crippen LogP contribution in [0.15, 0.2) is 53.6 Å². The van der Waals surface area contributed by atoms with Crippen molar-refractivity contribution < 1.29 is 8.42 Å². The zero-order chi connectivity index (χ0) is 18.7. The predicted molar refractivity (Wildman–Crippen MR) is 108 cm³/mol. The van der Waals surface area contributed by atoms with E-state index < -0.39 is 10.0 Å². The zero-order valence-electron chi connectivity index (χ0n) is 15.4. The molecule has 0 spiro atoms. The molecule has 1 N–H and O–H groups in total. The standard InChI is InChI=1S/C20H26N4O2S/c25-27(26,24-12-5-2-6-13-24)19-9-10-20(21-15-19)22-17-11-14-23(16-17)18-7-3-1-4-8-18/h1,3-4,7-10,15,17H,2,5-6,11-14,16H2,(H,21,22). The van der Waals surface area contributed by atoms with Gasteiger partial charge in [-0.15, -0.1) is 0 Å². The first-order valence-electron chi connectivity index (χ1n) is 9.66. The maximum atomic E-state index is 12.7. The van der Waals surface area contributed by atoms with Crippen LogP contribution < -0.4 is 10.2 Å². The highest BCUT2D eigenvalue weighted by Crippen LogP contribution is 2.23. The Hall–Kier alpha value is -2.12. The van der Waals surface area contributed by atoms with Crippen molar-refractivity contribution in [2.45, 2.75) is 36.6 Å². The molecule has 1 atom stereocenters. The number of aromatic nitrogens is 1. The number of hydrogen-bond acceptors (Lipinski definition) is 5. The van der Waals surface area contributed by atoms with E-state index in [9.17, 15) is 8.42 Å². The molecule has 1 aromatic heterocycles. The molecule has 3 heterocycles. The smallest absolute Gasteiger partial charge is 0.244 e. The molecule has 2 aromatic rings. The Morgan fingerprint density at radius 2 is 1.74 bits per heavy atom. The van der Waals surface area contributed by atoms with Crippen LogP contribution in [0.1, 0.15) is 25.7 Å². The molecule has 2 fully saturated rings. The fraction of sp³-hybridized carbons (Fsp3) is 0.450. The number of nitrogens with zero attached hydrogens (tertiary/aromatic N) is 3. The first-order valence-corrected chi connectivity index (χ1v) is 11.1. The molecule has 2 saturated heterocycles. The quantitative estimate of drug-likeness (QED) is 0.856. The van der Waals surface area contributed by atoms with Gasteiger partial charge in [-0.1, -0.05) is 24.6 Å². The van der Waals surface area contributed by atoms with Crippen molar-refractivity contribution in [3.8, 4) is 0 Å². The zero-order valence-corrected chi connectivity index (χ0v) is 16.2. The van der Waals surface area contributed by atoms with E-state index in [1.165, 1.54) is 11.9 Å². The number of anilines is 2.